The average molecular weight is 390 g/mol. The van der Waals surface area contributed by atoms with Gasteiger partial charge in [-0.15, -0.1) is 0 Å². The molecule has 0 aliphatic carbocycles. The van der Waals surface area contributed by atoms with Gasteiger partial charge in [0.2, 0.25) is 0 Å². The molecule has 1 heterocycles. The van der Waals surface area contributed by atoms with E-state index in [0.29, 0.717) is 28.6 Å². The van der Waals surface area contributed by atoms with Crippen molar-refractivity contribution in [1.29, 1.82) is 0 Å². The lowest BCUT2D eigenvalue weighted by molar-refractivity contribution is -0.119. The van der Waals surface area contributed by atoms with Crippen molar-refractivity contribution in [3.8, 4) is 5.75 Å². The summed E-state index contributed by atoms with van der Waals surface area (Å²) in [5.41, 5.74) is 0.923. The number of halogens is 1. The van der Waals surface area contributed by atoms with Crippen LogP contribution < -0.4 is 10.1 Å². The summed E-state index contributed by atoms with van der Waals surface area (Å²) in [7, 11) is 0. The molecule has 6 nitrogen and oxygen atoms in total. The fourth-order valence-electron chi connectivity index (χ4n) is 2.60. The van der Waals surface area contributed by atoms with Crippen molar-refractivity contribution in [1.82, 2.24) is 0 Å². The number of anilines is 1. The second kappa shape index (κ2) is 9.39. The van der Waals surface area contributed by atoms with Gasteiger partial charge in [-0.05, 0) is 61.4 Å². The number of nitrogens with one attached hydrogen (secondary N) is 1. The topological polar surface area (TPSA) is 73.9 Å². The van der Waals surface area contributed by atoms with E-state index in [-0.39, 0.29) is 12.7 Å². The second-order valence-corrected chi connectivity index (χ2v) is 6.54. The predicted molar refractivity (Wildman–Crippen MR) is 101 cm³/mol. The van der Waals surface area contributed by atoms with E-state index in [9.17, 15) is 9.59 Å². The largest absolute Gasteiger partial charge is 0.491 e. The van der Waals surface area contributed by atoms with Crippen molar-refractivity contribution in [3.05, 3.63) is 59.1 Å². The molecular weight excluding hydrogens is 370 g/mol. The lowest BCUT2D eigenvalue weighted by Gasteiger charge is -2.11. The van der Waals surface area contributed by atoms with Crippen LogP contribution in [-0.4, -0.2) is 37.8 Å². The first-order valence-electron chi connectivity index (χ1n) is 8.67. The Hall–Kier alpha value is -2.57. The van der Waals surface area contributed by atoms with Crippen LogP contribution in [0.3, 0.4) is 0 Å². The van der Waals surface area contributed by atoms with Crippen molar-refractivity contribution < 1.29 is 23.8 Å². The Kier molecular flexibility index (Phi) is 6.68. The molecule has 1 aliphatic rings. The highest BCUT2D eigenvalue weighted by Crippen LogP contribution is 2.17. The second-order valence-electron chi connectivity index (χ2n) is 6.10. The molecule has 0 radical (unpaired) electrons. The first kappa shape index (κ1) is 19.2. The summed E-state index contributed by atoms with van der Waals surface area (Å²) in [5, 5.41) is 3.19. The molecule has 142 valence electrons. The van der Waals surface area contributed by atoms with Gasteiger partial charge >= 0.3 is 5.97 Å². The van der Waals surface area contributed by atoms with E-state index in [1.54, 1.807) is 48.5 Å². The molecule has 2 aromatic carbocycles. The van der Waals surface area contributed by atoms with Crippen LogP contribution >= 0.6 is 11.6 Å². The van der Waals surface area contributed by atoms with Crippen molar-refractivity contribution >= 4 is 29.2 Å². The lowest BCUT2D eigenvalue weighted by atomic mass is 10.2. The number of amides is 1. The van der Waals surface area contributed by atoms with Gasteiger partial charge in [0.1, 0.15) is 12.4 Å². The summed E-state index contributed by atoms with van der Waals surface area (Å²) >= 11 is 5.79. The minimum atomic E-state index is -0.577. The van der Waals surface area contributed by atoms with Gasteiger partial charge in [0.25, 0.3) is 5.91 Å². The third kappa shape index (κ3) is 5.98. The quantitative estimate of drug-likeness (QED) is 0.731. The molecule has 1 aliphatic heterocycles. The van der Waals surface area contributed by atoms with Crippen LogP contribution in [0.5, 0.6) is 5.75 Å². The molecule has 0 unspecified atom stereocenters. The molecule has 1 N–H and O–H groups in total. The van der Waals surface area contributed by atoms with E-state index in [4.69, 9.17) is 25.8 Å². The molecule has 1 atom stereocenters. The third-order valence-electron chi connectivity index (χ3n) is 4.01. The molecule has 2 aromatic rings. The maximum atomic E-state index is 12.0. The van der Waals surface area contributed by atoms with E-state index in [1.165, 1.54) is 0 Å². The highest BCUT2D eigenvalue weighted by molar-refractivity contribution is 6.30. The molecule has 1 amide bonds. The van der Waals surface area contributed by atoms with Crippen LogP contribution in [-0.2, 0) is 14.3 Å². The third-order valence-corrected chi connectivity index (χ3v) is 4.26. The molecule has 7 heteroatoms. The number of hydrogen-bond acceptors (Lipinski definition) is 5. The van der Waals surface area contributed by atoms with Crippen LogP contribution in [0.25, 0.3) is 0 Å². The van der Waals surface area contributed by atoms with Crippen LogP contribution in [0, 0.1) is 0 Å². The van der Waals surface area contributed by atoms with Gasteiger partial charge in [-0.3, -0.25) is 4.79 Å². The van der Waals surface area contributed by atoms with Gasteiger partial charge in [-0.2, -0.15) is 0 Å². The van der Waals surface area contributed by atoms with E-state index >= 15 is 0 Å². The van der Waals surface area contributed by atoms with Crippen molar-refractivity contribution in [2.75, 3.05) is 25.1 Å². The predicted octanol–water partition coefficient (Wildman–Crippen LogP) is 3.69. The number of carbonyl (C=O) groups excluding carboxylic acids is 2. The number of rotatable bonds is 7. The molecule has 3 rings (SSSR count). The van der Waals surface area contributed by atoms with Gasteiger partial charge in [0, 0.05) is 17.3 Å². The smallest absolute Gasteiger partial charge is 0.338 e. The Morgan fingerprint density at radius 1 is 1.11 bits per heavy atom. The molecule has 1 saturated heterocycles. The summed E-state index contributed by atoms with van der Waals surface area (Å²) in [6, 6.07) is 13.2. The maximum absolute atomic E-state index is 12.0. The van der Waals surface area contributed by atoms with Gasteiger partial charge < -0.3 is 19.5 Å². The Balaban J connectivity index is 1.43. The SMILES string of the molecule is O=C(COC(=O)c1ccc(OC[C@@H]2CCCO2)cc1)Nc1ccc(Cl)cc1. The summed E-state index contributed by atoms with van der Waals surface area (Å²) in [4.78, 5) is 23.9. The summed E-state index contributed by atoms with van der Waals surface area (Å²) in [5.74, 6) is -0.350. The van der Waals surface area contributed by atoms with Crippen molar-refractivity contribution in [2.45, 2.75) is 18.9 Å². The first-order valence-corrected chi connectivity index (χ1v) is 9.05. The van der Waals surface area contributed by atoms with E-state index in [2.05, 4.69) is 5.32 Å². The standard InChI is InChI=1S/C20H20ClNO5/c21-15-5-7-16(8-6-15)22-19(23)13-27-20(24)14-3-9-17(10-4-14)26-12-18-2-1-11-25-18/h3-10,18H,1-2,11-13H2,(H,22,23)/t18-/m0/s1. The maximum Gasteiger partial charge on any atom is 0.338 e. The Bertz CT molecular complexity index is 770. The number of ether oxygens (including phenoxy) is 3. The average Bonchev–Trinajstić information content (AvgIpc) is 3.20. The van der Waals surface area contributed by atoms with E-state index in [0.717, 1.165) is 19.4 Å². The van der Waals surface area contributed by atoms with Crippen LogP contribution in [0.15, 0.2) is 48.5 Å². The lowest BCUT2D eigenvalue weighted by Crippen LogP contribution is -2.20. The Morgan fingerprint density at radius 2 is 1.85 bits per heavy atom. The van der Waals surface area contributed by atoms with Crippen LogP contribution in [0.2, 0.25) is 5.02 Å². The van der Waals surface area contributed by atoms with Gasteiger partial charge in [0.15, 0.2) is 6.61 Å². The zero-order chi connectivity index (χ0) is 19.1. The minimum Gasteiger partial charge on any atom is -0.491 e. The zero-order valence-electron chi connectivity index (χ0n) is 14.7. The monoisotopic (exact) mass is 389 g/mol. The fourth-order valence-corrected chi connectivity index (χ4v) is 2.72. The van der Waals surface area contributed by atoms with Gasteiger partial charge in [0.05, 0.1) is 11.7 Å². The van der Waals surface area contributed by atoms with E-state index < -0.39 is 11.9 Å². The molecule has 0 spiro atoms. The number of benzene rings is 2. The first-order chi connectivity index (χ1) is 13.1. The van der Waals surface area contributed by atoms with Crippen LogP contribution in [0.4, 0.5) is 5.69 Å². The summed E-state index contributed by atoms with van der Waals surface area (Å²) in [6.45, 7) is 0.901. The molecule has 27 heavy (non-hydrogen) atoms. The Morgan fingerprint density at radius 3 is 2.52 bits per heavy atom. The normalized spacial score (nSPS) is 16.0. The molecule has 0 saturated carbocycles. The zero-order valence-corrected chi connectivity index (χ0v) is 15.4. The highest BCUT2D eigenvalue weighted by atomic mass is 35.5. The number of hydrogen-bond donors (Lipinski definition) is 1. The van der Waals surface area contributed by atoms with Gasteiger partial charge in [-0.25, -0.2) is 4.79 Å². The van der Waals surface area contributed by atoms with Crippen LogP contribution in [0.1, 0.15) is 23.2 Å². The molecule has 0 bridgehead atoms. The molecule has 0 aromatic heterocycles. The van der Waals surface area contributed by atoms with E-state index in [1.807, 2.05) is 0 Å². The molecule has 1 fully saturated rings. The Labute approximate surface area is 162 Å². The summed E-state index contributed by atoms with van der Waals surface area (Å²) < 4.78 is 16.2. The minimum absolute atomic E-state index is 0.133. The number of esters is 1. The van der Waals surface area contributed by atoms with Gasteiger partial charge in [-0.1, -0.05) is 11.6 Å². The highest BCUT2D eigenvalue weighted by Gasteiger charge is 2.16. The van der Waals surface area contributed by atoms with Crippen molar-refractivity contribution in [3.63, 3.8) is 0 Å². The fraction of sp³-hybridized carbons (Fsp3) is 0.300. The number of carbonyl (C=O) groups is 2. The molecular formula is C20H20ClNO5. The summed E-state index contributed by atoms with van der Waals surface area (Å²) in [6.07, 6.45) is 2.20. The van der Waals surface area contributed by atoms with Crippen molar-refractivity contribution in [2.24, 2.45) is 0 Å².